The van der Waals surface area contributed by atoms with E-state index in [1.165, 1.54) is 103 Å². The van der Waals surface area contributed by atoms with Crippen molar-refractivity contribution >= 4 is 75.0 Å². The van der Waals surface area contributed by atoms with Gasteiger partial charge in [-0.2, -0.15) is 0 Å². The third kappa shape index (κ3) is 4.03. The third-order valence-electron chi connectivity index (χ3n) is 13.4. The average molecular weight is 765 g/mol. The molecule has 0 radical (unpaired) electrons. The zero-order valence-corrected chi connectivity index (χ0v) is 32.6. The second kappa shape index (κ2) is 11.4. The Balaban J connectivity index is 1.05. The second-order valence-corrected chi connectivity index (χ2v) is 17.3. The van der Waals surface area contributed by atoms with Crippen molar-refractivity contribution < 1.29 is 0 Å². The summed E-state index contributed by atoms with van der Waals surface area (Å²) in [4.78, 5) is 5.52. The predicted molar refractivity (Wildman–Crippen MR) is 248 cm³/mol. The van der Waals surface area contributed by atoms with Crippen LogP contribution in [-0.2, 0) is 5.41 Å². The number of hydrogen-bond acceptors (Lipinski definition) is 2. The first-order valence-corrected chi connectivity index (χ1v) is 21.2. The molecule has 0 atom stereocenters. The Kier molecular flexibility index (Phi) is 6.13. The summed E-state index contributed by atoms with van der Waals surface area (Å²) in [6, 6.07) is 72.3. The molecule has 3 aromatic heterocycles. The second-order valence-electron chi connectivity index (χ2n) is 16.2. The molecular formula is C56H32N2S. The van der Waals surface area contributed by atoms with Crippen molar-refractivity contribution in [1.29, 1.82) is 0 Å². The van der Waals surface area contributed by atoms with Crippen molar-refractivity contribution in [2.24, 2.45) is 0 Å². The van der Waals surface area contributed by atoms with Gasteiger partial charge < -0.3 is 4.57 Å². The molecule has 0 saturated carbocycles. The molecule has 59 heavy (non-hydrogen) atoms. The zero-order valence-electron chi connectivity index (χ0n) is 31.8. The first-order chi connectivity index (χ1) is 29.3. The van der Waals surface area contributed by atoms with Crippen LogP contribution in [0.1, 0.15) is 22.3 Å². The highest BCUT2D eigenvalue weighted by atomic mass is 32.1. The molecule has 0 amide bonds. The highest BCUT2D eigenvalue weighted by molar-refractivity contribution is 7.25. The Morgan fingerprint density at radius 2 is 1.02 bits per heavy atom. The van der Waals surface area contributed by atoms with E-state index in [1.54, 1.807) is 0 Å². The normalized spacial score (nSPS) is 13.6. The first kappa shape index (κ1) is 31.7. The number of nitrogens with zero attached hydrogens (tertiary/aromatic N) is 2. The molecule has 0 saturated heterocycles. The van der Waals surface area contributed by atoms with Gasteiger partial charge in [-0.25, -0.2) is 4.98 Å². The summed E-state index contributed by atoms with van der Waals surface area (Å²) in [5.74, 6) is 0. The summed E-state index contributed by atoms with van der Waals surface area (Å²) in [7, 11) is 0. The maximum Gasteiger partial charge on any atom is 0.0789 e. The number of thiophene rings is 1. The van der Waals surface area contributed by atoms with Gasteiger partial charge in [-0.05, 0) is 104 Å². The average Bonchev–Trinajstić information content (AvgIpc) is 4.01. The molecule has 0 bridgehead atoms. The van der Waals surface area contributed by atoms with Crippen LogP contribution in [0.5, 0.6) is 0 Å². The summed E-state index contributed by atoms with van der Waals surface area (Å²) in [5, 5.41) is 8.72. The monoisotopic (exact) mass is 764 g/mol. The molecule has 2 aliphatic carbocycles. The quantitative estimate of drug-likeness (QED) is 0.160. The van der Waals surface area contributed by atoms with Crippen molar-refractivity contribution in [3.05, 3.63) is 216 Å². The van der Waals surface area contributed by atoms with Crippen molar-refractivity contribution in [3.63, 3.8) is 0 Å². The highest BCUT2D eigenvalue weighted by Crippen LogP contribution is 2.63. The van der Waals surface area contributed by atoms with Crippen molar-refractivity contribution in [3.8, 4) is 39.2 Å². The van der Waals surface area contributed by atoms with E-state index in [2.05, 4.69) is 199 Å². The maximum atomic E-state index is 5.52. The smallest absolute Gasteiger partial charge is 0.0789 e. The van der Waals surface area contributed by atoms with Gasteiger partial charge in [-0.15, -0.1) is 11.3 Å². The maximum absolute atomic E-state index is 5.52. The minimum atomic E-state index is -0.409. The fourth-order valence-corrected chi connectivity index (χ4v) is 12.1. The van der Waals surface area contributed by atoms with Crippen LogP contribution in [0.3, 0.4) is 0 Å². The number of benzene rings is 9. The van der Waals surface area contributed by atoms with E-state index in [0.29, 0.717) is 0 Å². The van der Waals surface area contributed by atoms with Crippen molar-refractivity contribution in [1.82, 2.24) is 9.55 Å². The predicted octanol–water partition coefficient (Wildman–Crippen LogP) is 14.9. The van der Waals surface area contributed by atoms with Crippen LogP contribution in [0.4, 0.5) is 0 Å². The molecule has 2 aliphatic rings. The van der Waals surface area contributed by atoms with Crippen molar-refractivity contribution in [2.75, 3.05) is 0 Å². The molecule has 14 rings (SSSR count). The summed E-state index contributed by atoms with van der Waals surface area (Å²) >= 11 is 1.88. The molecule has 3 heterocycles. The lowest BCUT2D eigenvalue weighted by Crippen LogP contribution is -2.25. The number of rotatable bonds is 2. The summed E-state index contributed by atoms with van der Waals surface area (Å²) < 4.78 is 5.10. The Bertz CT molecular complexity index is 3760. The van der Waals surface area contributed by atoms with Gasteiger partial charge in [0.2, 0.25) is 0 Å². The molecule has 0 unspecified atom stereocenters. The minimum absolute atomic E-state index is 0.409. The van der Waals surface area contributed by atoms with Gasteiger partial charge in [0.25, 0.3) is 0 Å². The lowest BCUT2D eigenvalue weighted by atomic mass is 9.70. The molecule has 2 nitrogen and oxygen atoms in total. The van der Waals surface area contributed by atoms with E-state index in [0.717, 1.165) is 22.5 Å². The fraction of sp³-hybridized carbons (Fsp3) is 0.0179. The molecule has 12 aromatic rings. The molecule has 0 fully saturated rings. The Morgan fingerprint density at radius 1 is 0.373 bits per heavy atom. The molecular weight excluding hydrogens is 733 g/mol. The van der Waals surface area contributed by atoms with Crippen LogP contribution < -0.4 is 0 Å². The molecule has 0 aliphatic heterocycles. The molecule has 1 spiro atoms. The number of fused-ring (bicyclic) bond motifs is 19. The fourth-order valence-electron chi connectivity index (χ4n) is 11.0. The van der Waals surface area contributed by atoms with E-state index in [1.807, 2.05) is 11.3 Å². The van der Waals surface area contributed by atoms with Gasteiger partial charge in [0.15, 0.2) is 0 Å². The Hall–Kier alpha value is -7.33. The third-order valence-corrected chi connectivity index (χ3v) is 14.5. The largest absolute Gasteiger partial charge is 0.309 e. The molecule has 272 valence electrons. The van der Waals surface area contributed by atoms with E-state index >= 15 is 0 Å². The van der Waals surface area contributed by atoms with Gasteiger partial charge in [-0.3, -0.25) is 0 Å². The first-order valence-electron chi connectivity index (χ1n) is 20.4. The summed E-state index contributed by atoms with van der Waals surface area (Å²) in [6.07, 6.45) is 0. The SMILES string of the molecule is c1cc(-c2nc3ccccc3c3cc4c(cc23)-c2ccccc2C42c3ccccc3-c3ccccc32)cc(-n2c3ccccc3c3cc4sc5ccccc5c4cc32)c1. The zero-order chi connectivity index (χ0) is 38.4. The Morgan fingerprint density at radius 3 is 1.80 bits per heavy atom. The molecule has 0 N–H and O–H groups in total. The number of para-hydroxylation sites is 2. The van der Waals surface area contributed by atoms with Crippen molar-refractivity contribution in [2.45, 2.75) is 5.41 Å². The van der Waals surface area contributed by atoms with Crippen LogP contribution >= 0.6 is 11.3 Å². The topological polar surface area (TPSA) is 17.8 Å². The standard InChI is InChI=1S/C56H32N2S/c1-7-22-46-35(16-1)36-17-2-8-23-47(36)56(46)48-24-9-3-18-37(48)42-29-45-41(30-49(42)56)38-19-4-10-25-50(38)57-55(45)33-14-13-15-34(28-33)58-51-26-11-5-20-39(51)43-32-54-44(31-52(43)58)40-21-6-12-27-53(40)59-54/h1-32H. The lowest BCUT2D eigenvalue weighted by Gasteiger charge is -2.30. The van der Waals surface area contributed by atoms with E-state index in [4.69, 9.17) is 4.98 Å². The van der Waals surface area contributed by atoms with Gasteiger partial charge >= 0.3 is 0 Å². The van der Waals surface area contributed by atoms with Gasteiger partial charge in [0.1, 0.15) is 0 Å². The van der Waals surface area contributed by atoms with Gasteiger partial charge in [-0.1, -0.05) is 140 Å². The highest BCUT2D eigenvalue weighted by Gasteiger charge is 2.51. The Labute approximate surface area is 343 Å². The van der Waals surface area contributed by atoms with Gasteiger partial charge in [0, 0.05) is 53.0 Å². The molecule has 3 heteroatoms. The number of hydrogen-bond donors (Lipinski definition) is 0. The van der Waals surface area contributed by atoms with Crippen LogP contribution in [0.25, 0.3) is 103 Å². The van der Waals surface area contributed by atoms with Crippen LogP contribution in [-0.4, -0.2) is 9.55 Å². The van der Waals surface area contributed by atoms with E-state index in [-0.39, 0.29) is 0 Å². The van der Waals surface area contributed by atoms with E-state index in [9.17, 15) is 0 Å². The van der Waals surface area contributed by atoms with Crippen LogP contribution in [0.15, 0.2) is 194 Å². The van der Waals surface area contributed by atoms with E-state index < -0.39 is 5.41 Å². The van der Waals surface area contributed by atoms with Crippen LogP contribution in [0.2, 0.25) is 0 Å². The summed E-state index contributed by atoms with van der Waals surface area (Å²) in [5.41, 5.74) is 16.9. The van der Waals surface area contributed by atoms with Gasteiger partial charge in [0.05, 0.1) is 27.7 Å². The number of pyridine rings is 1. The number of aromatic nitrogens is 2. The van der Waals surface area contributed by atoms with Crippen LogP contribution in [0, 0.1) is 0 Å². The minimum Gasteiger partial charge on any atom is -0.309 e. The lowest BCUT2D eigenvalue weighted by molar-refractivity contribution is 0.795. The molecule has 9 aromatic carbocycles. The summed E-state index contributed by atoms with van der Waals surface area (Å²) in [6.45, 7) is 0.